The minimum absolute atomic E-state index is 0.0252. The van der Waals surface area contributed by atoms with Crippen LogP contribution in [0.15, 0.2) is 83.2 Å². The van der Waals surface area contributed by atoms with Gasteiger partial charge in [-0.3, -0.25) is 20.4 Å². The number of hydrogen-bond donors (Lipinski definition) is 3. The van der Waals surface area contributed by atoms with Gasteiger partial charge in [0.05, 0.1) is 6.26 Å². The summed E-state index contributed by atoms with van der Waals surface area (Å²) >= 11 is 0. The molecule has 0 unspecified atom stereocenters. The summed E-state index contributed by atoms with van der Waals surface area (Å²) in [7, 11) is 0. The van der Waals surface area contributed by atoms with Gasteiger partial charge in [0, 0.05) is 17.8 Å². The molecule has 0 aliphatic rings. The summed E-state index contributed by atoms with van der Waals surface area (Å²) in [5.41, 5.74) is 5.64. The first-order valence-electron chi connectivity index (χ1n) is 7.81. The molecule has 2 aromatic heterocycles. The van der Waals surface area contributed by atoms with Crippen molar-refractivity contribution in [1.82, 2.24) is 15.7 Å². The smallest absolute Gasteiger partial charge is 0.286 e. The predicted octanol–water partition coefficient (Wildman–Crippen LogP) is 2.59. The topological polar surface area (TPSA) is 96.3 Å². The van der Waals surface area contributed by atoms with Crippen LogP contribution in [0, 0.1) is 0 Å². The average Bonchev–Trinajstić information content (AvgIpc) is 3.20. The van der Waals surface area contributed by atoms with Crippen molar-refractivity contribution in [2.24, 2.45) is 0 Å². The highest BCUT2D eigenvalue weighted by atomic mass is 16.3. The van der Waals surface area contributed by atoms with Crippen LogP contribution in [0.5, 0.6) is 0 Å². The van der Waals surface area contributed by atoms with E-state index >= 15 is 0 Å². The summed E-state index contributed by atoms with van der Waals surface area (Å²) in [6, 6.07) is 17.2. The number of benzene rings is 1. The highest BCUT2D eigenvalue weighted by molar-refractivity contribution is 6.05. The molecule has 3 aromatic rings. The summed E-state index contributed by atoms with van der Waals surface area (Å²) in [5.74, 6) is -0.0540. The Bertz CT molecular complexity index is 891. The standard InChI is InChI=1S/C19H16N4O3/c24-18(14-7-2-1-3-8-14)21-16(13-15-9-6-12-26-15)19(25)23-22-17-10-4-5-11-20-17/h1-13H,(H,20,22)(H,21,24)(H,23,25)/b16-13-. The quantitative estimate of drug-likeness (QED) is 0.470. The van der Waals surface area contributed by atoms with Gasteiger partial charge < -0.3 is 9.73 Å². The zero-order valence-corrected chi connectivity index (χ0v) is 13.7. The van der Waals surface area contributed by atoms with E-state index in [0.29, 0.717) is 17.1 Å². The van der Waals surface area contributed by atoms with Crippen LogP contribution in [0.3, 0.4) is 0 Å². The van der Waals surface area contributed by atoms with Crippen LogP contribution in [0.2, 0.25) is 0 Å². The van der Waals surface area contributed by atoms with Crippen molar-refractivity contribution in [3.63, 3.8) is 0 Å². The first-order valence-corrected chi connectivity index (χ1v) is 7.81. The lowest BCUT2D eigenvalue weighted by Crippen LogP contribution is -2.37. The van der Waals surface area contributed by atoms with Crippen LogP contribution in [-0.4, -0.2) is 16.8 Å². The fourth-order valence-electron chi connectivity index (χ4n) is 2.08. The monoisotopic (exact) mass is 348 g/mol. The Morgan fingerprint density at radius 2 is 1.77 bits per heavy atom. The predicted molar refractivity (Wildman–Crippen MR) is 96.6 cm³/mol. The van der Waals surface area contributed by atoms with Crippen molar-refractivity contribution in [1.29, 1.82) is 0 Å². The van der Waals surface area contributed by atoms with E-state index in [1.54, 1.807) is 66.9 Å². The van der Waals surface area contributed by atoms with Gasteiger partial charge in [-0.2, -0.15) is 0 Å². The van der Waals surface area contributed by atoms with Gasteiger partial charge in [-0.25, -0.2) is 4.98 Å². The lowest BCUT2D eigenvalue weighted by Gasteiger charge is -2.11. The van der Waals surface area contributed by atoms with Gasteiger partial charge in [-0.15, -0.1) is 0 Å². The first-order chi connectivity index (χ1) is 12.7. The number of hydrogen-bond acceptors (Lipinski definition) is 5. The number of nitrogens with one attached hydrogen (secondary N) is 3. The summed E-state index contributed by atoms with van der Waals surface area (Å²) in [4.78, 5) is 28.9. The number of furan rings is 1. The molecule has 0 bridgehead atoms. The van der Waals surface area contributed by atoms with Crippen molar-refractivity contribution in [2.75, 3.05) is 5.43 Å². The fourth-order valence-corrected chi connectivity index (χ4v) is 2.08. The van der Waals surface area contributed by atoms with E-state index in [1.165, 1.54) is 12.3 Å². The van der Waals surface area contributed by atoms with Crippen LogP contribution >= 0.6 is 0 Å². The third-order valence-corrected chi connectivity index (χ3v) is 3.33. The fraction of sp³-hybridized carbons (Fsp3) is 0. The summed E-state index contributed by atoms with van der Waals surface area (Å²) in [5, 5.41) is 2.60. The van der Waals surface area contributed by atoms with E-state index in [9.17, 15) is 9.59 Å². The number of aromatic nitrogens is 1. The molecule has 2 amide bonds. The van der Waals surface area contributed by atoms with Crippen molar-refractivity contribution in [2.45, 2.75) is 0 Å². The van der Waals surface area contributed by atoms with Crippen LogP contribution < -0.4 is 16.2 Å². The average molecular weight is 348 g/mol. The minimum atomic E-state index is -0.545. The molecule has 0 aliphatic carbocycles. The van der Waals surface area contributed by atoms with Crippen LogP contribution in [0.1, 0.15) is 16.1 Å². The molecule has 1 aromatic carbocycles. The molecule has 26 heavy (non-hydrogen) atoms. The van der Waals surface area contributed by atoms with E-state index < -0.39 is 11.8 Å². The van der Waals surface area contributed by atoms with Crippen molar-refractivity contribution in [3.05, 3.63) is 90.1 Å². The summed E-state index contributed by atoms with van der Waals surface area (Å²) in [6.07, 6.45) is 4.51. The molecule has 2 heterocycles. The minimum Gasteiger partial charge on any atom is -0.465 e. The largest absolute Gasteiger partial charge is 0.465 e. The number of carbonyl (C=O) groups excluding carboxylic acids is 2. The second-order valence-electron chi connectivity index (χ2n) is 5.19. The van der Waals surface area contributed by atoms with E-state index in [2.05, 4.69) is 21.2 Å². The van der Waals surface area contributed by atoms with Crippen molar-refractivity contribution in [3.8, 4) is 0 Å². The van der Waals surface area contributed by atoms with E-state index in [4.69, 9.17) is 4.42 Å². The maximum atomic E-state index is 12.5. The Kier molecular flexibility index (Phi) is 5.41. The molecule has 0 aliphatic heterocycles. The molecule has 0 fully saturated rings. The number of rotatable bonds is 6. The number of nitrogens with zero attached hydrogens (tertiary/aromatic N) is 1. The van der Waals surface area contributed by atoms with E-state index in [-0.39, 0.29) is 5.70 Å². The Morgan fingerprint density at radius 1 is 0.962 bits per heavy atom. The molecular weight excluding hydrogens is 332 g/mol. The Hall–Kier alpha value is -3.87. The Morgan fingerprint density at radius 3 is 2.46 bits per heavy atom. The van der Waals surface area contributed by atoms with Gasteiger partial charge in [0.2, 0.25) is 0 Å². The zero-order chi connectivity index (χ0) is 18.2. The molecule has 3 N–H and O–H groups in total. The SMILES string of the molecule is O=C(NNc1ccccn1)/C(=C/c1ccco1)NC(=O)c1ccccc1. The van der Waals surface area contributed by atoms with Crippen molar-refractivity contribution >= 4 is 23.7 Å². The molecule has 130 valence electrons. The number of hydrazine groups is 1. The Balaban J connectivity index is 1.75. The lowest BCUT2D eigenvalue weighted by molar-refractivity contribution is -0.117. The molecule has 0 spiro atoms. The maximum absolute atomic E-state index is 12.5. The first kappa shape index (κ1) is 17.0. The van der Waals surface area contributed by atoms with Gasteiger partial charge in [-0.1, -0.05) is 24.3 Å². The van der Waals surface area contributed by atoms with Gasteiger partial charge in [0.15, 0.2) is 0 Å². The Labute approximate surface area is 149 Å². The lowest BCUT2D eigenvalue weighted by atomic mass is 10.2. The van der Waals surface area contributed by atoms with Crippen LogP contribution in [0.25, 0.3) is 6.08 Å². The number of amides is 2. The molecule has 0 atom stereocenters. The van der Waals surface area contributed by atoms with Gasteiger partial charge in [-0.05, 0) is 36.4 Å². The molecular formula is C19H16N4O3. The number of anilines is 1. The third kappa shape index (κ3) is 4.57. The number of carbonyl (C=O) groups is 2. The maximum Gasteiger partial charge on any atom is 0.286 e. The van der Waals surface area contributed by atoms with Crippen LogP contribution in [0.4, 0.5) is 5.82 Å². The molecule has 3 rings (SSSR count). The van der Waals surface area contributed by atoms with Crippen molar-refractivity contribution < 1.29 is 14.0 Å². The summed E-state index contributed by atoms with van der Waals surface area (Å²) in [6.45, 7) is 0. The molecule has 0 saturated heterocycles. The zero-order valence-electron chi connectivity index (χ0n) is 13.7. The third-order valence-electron chi connectivity index (χ3n) is 3.33. The van der Waals surface area contributed by atoms with Gasteiger partial charge in [0.25, 0.3) is 11.8 Å². The molecule has 7 nitrogen and oxygen atoms in total. The second-order valence-corrected chi connectivity index (χ2v) is 5.19. The molecule has 7 heteroatoms. The number of pyridine rings is 1. The van der Waals surface area contributed by atoms with Gasteiger partial charge >= 0.3 is 0 Å². The highest BCUT2D eigenvalue weighted by Crippen LogP contribution is 2.08. The van der Waals surface area contributed by atoms with Gasteiger partial charge in [0.1, 0.15) is 17.3 Å². The summed E-state index contributed by atoms with van der Waals surface area (Å²) < 4.78 is 5.22. The molecule has 0 radical (unpaired) electrons. The second kappa shape index (κ2) is 8.29. The van der Waals surface area contributed by atoms with Crippen LogP contribution in [-0.2, 0) is 4.79 Å². The highest BCUT2D eigenvalue weighted by Gasteiger charge is 2.15. The van der Waals surface area contributed by atoms with E-state index in [0.717, 1.165) is 0 Å². The normalized spacial score (nSPS) is 10.8. The molecule has 0 saturated carbocycles. The van der Waals surface area contributed by atoms with E-state index in [1.807, 2.05) is 0 Å².